The molecule has 0 bridgehead atoms. The zero-order valence-electron chi connectivity index (χ0n) is 15.1. The molecule has 24 heavy (non-hydrogen) atoms. The number of benzene rings is 1. The SMILES string of the molecule is CC(CO)COCCCNC(=O)c1ccc(NOC(C)(C)C)cc1. The summed E-state index contributed by atoms with van der Waals surface area (Å²) in [6, 6.07) is 7.12. The Bertz CT molecular complexity index is 483. The molecule has 0 aromatic heterocycles. The standard InChI is InChI=1S/C18H30N2O4/c1-14(12-21)13-23-11-5-10-19-17(22)15-6-8-16(9-7-15)20-24-18(2,3)4/h6-9,14,20-21H,5,10-13H2,1-4H3,(H,19,22). The number of anilines is 1. The first-order valence-corrected chi connectivity index (χ1v) is 8.32. The van der Waals surface area contributed by atoms with Gasteiger partial charge in [0.1, 0.15) is 0 Å². The van der Waals surface area contributed by atoms with Gasteiger partial charge in [-0.05, 0) is 51.5 Å². The number of carbonyl (C=O) groups is 1. The van der Waals surface area contributed by atoms with E-state index in [0.717, 1.165) is 12.1 Å². The van der Waals surface area contributed by atoms with Crippen LogP contribution in [0.3, 0.4) is 0 Å². The molecule has 0 saturated heterocycles. The van der Waals surface area contributed by atoms with Crippen LogP contribution in [0.2, 0.25) is 0 Å². The summed E-state index contributed by atoms with van der Waals surface area (Å²) in [6.45, 7) is 9.57. The first-order valence-electron chi connectivity index (χ1n) is 8.32. The van der Waals surface area contributed by atoms with Gasteiger partial charge >= 0.3 is 0 Å². The largest absolute Gasteiger partial charge is 0.396 e. The smallest absolute Gasteiger partial charge is 0.251 e. The predicted octanol–water partition coefficient (Wildman–Crippen LogP) is 2.59. The molecule has 1 aromatic rings. The van der Waals surface area contributed by atoms with E-state index >= 15 is 0 Å². The second-order valence-corrected chi connectivity index (χ2v) is 6.87. The number of hydrogen-bond acceptors (Lipinski definition) is 5. The molecule has 0 radical (unpaired) electrons. The van der Waals surface area contributed by atoms with E-state index in [0.29, 0.717) is 25.3 Å². The highest BCUT2D eigenvalue weighted by Crippen LogP contribution is 2.13. The van der Waals surface area contributed by atoms with E-state index in [1.54, 1.807) is 24.3 Å². The van der Waals surface area contributed by atoms with Gasteiger partial charge in [0.2, 0.25) is 0 Å². The maximum atomic E-state index is 12.0. The Balaban J connectivity index is 2.25. The van der Waals surface area contributed by atoms with Crippen molar-refractivity contribution in [2.45, 2.75) is 39.7 Å². The highest BCUT2D eigenvalue weighted by Gasteiger charge is 2.11. The number of aliphatic hydroxyl groups is 1. The minimum absolute atomic E-state index is 0.109. The highest BCUT2D eigenvalue weighted by molar-refractivity contribution is 5.94. The Morgan fingerprint density at radius 2 is 1.92 bits per heavy atom. The molecule has 0 aliphatic heterocycles. The maximum Gasteiger partial charge on any atom is 0.251 e. The molecule has 0 fully saturated rings. The molecule has 0 saturated carbocycles. The minimum Gasteiger partial charge on any atom is -0.396 e. The highest BCUT2D eigenvalue weighted by atomic mass is 16.7. The third-order valence-electron chi connectivity index (χ3n) is 3.09. The van der Waals surface area contributed by atoms with Gasteiger partial charge in [0.05, 0.1) is 17.9 Å². The van der Waals surface area contributed by atoms with Crippen molar-refractivity contribution in [2.75, 3.05) is 31.8 Å². The predicted molar refractivity (Wildman–Crippen MR) is 94.9 cm³/mol. The van der Waals surface area contributed by atoms with Crippen LogP contribution in [-0.4, -0.2) is 43.0 Å². The number of rotatable bonds is 10. The fraction of sp³-hybridized carbons (Fsp3) is 0.611. The number of nitrogens with one attached hydrogen (secondary N) is 2. The van der Waals surface area contributed by atoms with Crippen LogP contribution < -0.4 is 10.8 Å². The van der Waals surface area contributed by atoms with Crippen LogP contribution in [-0.2, 0) is 9.57 Å². The minimum atomic E-state index is -0.285. The summed E-state index contributed by atoms with van der Waals surface area (Å²) >= 11 is 0. The Morgan fingerprint density at radius 3 is 2.50 bits per heavy atom. The first kappa shape index (κ1) is 20.4. The average Bonchev–Trinajstić information content (AvgIpc) is 2.55. The molecule has 136 valence electrons. The third kappa shape index (κ3) is 8.86. The second-order valence-electron chi connectivity index (χ2n) is 6.87. The molecule has 6 nitrogen and oxygen atoms in total. The van der Waals surface area contributed by atoms with E-state index < -0.39 is 0 Å². The van der Waals surface area contributed by atoms with Crippen molar-refractivity contribution in [3.8, 4) is 0 Å². The van der Waals surface area contributed by atoms with Gasteiger partial charge < -0.3 is 15.2 Å². The van der Waals surface area contributed by atoms with E-state index in [2.05, 4.69) is 10.8 Å². The second kappa shape index (κ2) is 10.3. The lowest BCUT2D eigenvalue weighted by atomic mass is 10.2. The van der Waals surface area contributed by atoms with Crippen LogP contribution in [0.4, 0.5) is 5.69 Å². The molecular formula is C18H30N2O4. The van der Waals surface area contributed by atoms with E-state index in [-0.39, 0.29) is 24.0 Å². The van der Waals surface area contributed by atoms with Crippen LogP contribution in [0, 0.1) is 5.92 Å². The summed E-state index contributed by atoms with van der Waals surface area (Å²) in [7, 11) is 0. The van der Waals surface area contributed by atoms with Crippen LogP contribution >= 0.6 is 0 Å². The number of carbonyl (C=O) groups excluding carboxylic acids is 1. The molecule has 6 heteroatoms. The average molecular weight is 338 g/mol. The van der Waals surface area contributed by atoms with Gasteiger partial charge in [-0.1, -0.05) is 6.92 Å². The molecule has 1 unspecified atom stereocenters. The summed E-state index contributed by atoms with van der Waals surface area (Å²) in [6.07, 6.45) is 0.739. The summed E-state index contributed by atoms with van der Waals surface area (Å²) in [4.78, 5) is 17.5. The number of ether oxygens (including phenoxy) is 1. The molecule has 0 heterocycles. The third-order valence-corrected chi connectivity index (χ3v) is 3.09. The number of aliphatic hydroxyl groups excluding tert-OH is 1. The molecule has 1 aromatic carbocycles. The monoisotopic (exact) mass is 338 g/mol. The van der Waals surface area contributed by atoms with Gasteiger partial charge in [-0.3, -0.25) is 15.1 Å². The molecular weight excluding hydrogens is 308 g/mol. The summed E-state index contributed by atoms with van der Waals surface area (Å²) in [5.74, 6) is 0.0380. The fourth-order valence-electron chi connectivity index (χ4n) is 1.72. The van der Waals surface area contributed by atoms with E-state index in [9.17, 15) is 4.79 Å². The molecule has 3 N–H and O–H groups in total. The Kier molecular flexibility index (Phi) is 8.74. The normalized spacial score (nSPS) is 12.7. The van der Waals surface area contributed by atoms with E-state index in [1.807, 2.05) is 27.7 Å². The maximum absolute atomic E-state index is 12.0. The summed E-state index contributed by atoms with van der Waals surface area (Å²) in [5.41, 5.74) is 3.98. The zero-order chi connectivity index (χ0) is 18.0. The van der Waals surface area contributed by atoms with Crippen molar-refractivity contribution in [1.82, 2.24) is 5.32 Å². The molecule has 0 aliphatic carbocycles. The molecule has 1 amide bonds. The Morgan fingerprint density at radius 1 is 1.25 bits per heavy atom. The number of amides is 1. The van der Waals surface area contributed by atoms with Crippen molar-refractivity contribution in [1.29, 1.82) is 0 Å². The van der Waals surface area contributed by atoms with E-state index in [4.69, 9.17) is 14.7 Å². The van der Waals surface area contributed by atoms with Gasteiger partial charge in [-0.15, -0.1) is 0 Å². The van der Waals surface area contributed by atoms with Gasteiger partial charge in [0, 0.05) is 31.2 Å². The molecule has 1 rings (SSSR count). The van der Waals surface area contributed by atoms with Crippen LogP contribution in [0.15, 0.2) is 24.3 Å². The zero-order valence-corrected chi connectivity index (χ0v) is 15.1. The van der Waals surface area contributed by atoms with Crippen molar-refractivity contribution in [3.05, 3.63) is 29.8 Å². The lowest BCUT2D eigenvalue weighted by Crippen LogP contribution is -2.25. The van der Waals surface area contributed by atoms with Gasteiger partial charge in [0.15, 0.2) is 0 Å². The molecule has 0 aliphatic rings. The number of hydrogen-bond donors (Lipinski definition) is 3. The van der Waals surface area contributed by atoms with Gasteiger partial charge in [-0.25, -0.2) is 0 Å². The van der Waals surface area contributed by atoms with E-state index in [1.165, 1.54) is 0 Å². The molecule has 0 spiro atoms. The summed E-state index contributed by atoms with van der Waals surface area (Å²) in [5, 5.41) is 11.7. The van der Waals surface area contributed by atoms with Crippen molar-refractivity contribution >= 4 is 11.6 Å². The summed E-state index contributed by atoms with van der Waals surface area (Å²) < 4.78 is 5.41. The Hall–Kier alpha value is -1.63. The van der Waals surface area contributed by atoms with Crippen LogP contribution in [0.25, 0.3) is 0 Å². The first-order chi connectivity index (χ1) is 11.3. The Labute approximate surface area is 144 Å². The van der Waals surface area contributed by atoms with Gasteiger partial charge in [-0.2, -0.15) is 0 Å². The topological polar surface area (TPSA) is 79.8 Å². The van der Waals surface area contributed by atoms with Crippen molar-refractivity contribution in [2.24, 2.45) is 5.92 Å². The molecule has 1 atom stereocenters. The quantitative estimate of drug-likeness (QED) is 0.451. The van der Waals surface area contributed by atoms with Crippen LogP contribution in [0.1, 0.15) is 44.5 Å². The van der Waals surface area contributed by atoms with Crippen molar-refractivity contribution < 1.29 is 19.5 Å². The van der Waals surface area contributed by atoms with Crippen molar-refractivity contribution in [3.63, 3.8) is 0 Å². The lowest BCUT2D eigenvalue weighted by molar-refractivity contribution is 0.0375. The lowest BCUT2D eigenvalue weighted by Gasteiger charge is -2.19. The fourth-order valence-corrected chi connectivity index (χ4v) is 1.72. The van der Waals surface area contributed by atoms with Gasteiger partial charge in [0.25, 0.3) is 5.91 Å². The van der Waals surface area contributed by atoms with Crippen LogP contribution in [0.5, 0.6) is 0 Å².